The topological polar surface area (TPSA) is 56.1 Å². The van der Waals surface area contributed by atoms with Crippen LogP contribution in [0.25, 0.3) is 0 Å². The summed E-state index contributed by atoms with van der Waals surface area (Å²) in [6.45, 7) is 6.06. The molecule has 0 aliphatic carbocycles. The summed E-state index contributed by atoms with van der Waals surface area (Å²) in [4.78, 5) is 14.3. The number of benzene rings is 1. The summed E-state index contributed by atoms with van der Waals surface area (Å²) in [6, 6.07) is 6.76. The van der Waals surface area contributed by atoms with E-state index in [-0.39, 0.29) is 5.57 Å². The molecule has 1 aromatic carbocycles. The van der Waals surface area contributed by atoms with Crippen molar-refractivity contribution >= 4 is 34.8 Å². The van der Waals surface area contributed by atoms with Gasteiger partial charge in [-0.3, -0.25) is 4.79 Å². The van der Waals surface area contributed by atoms with E-state index >= 15 is 0 Å². The number of nitrogens with one attached hydrogen (secondary N) is 1. The Morgan fingerprint density at radius 1 is 1.35 bits per heavy atom. The van der Waals surface area contributed by atoms with Gasteiger partial charge in [-0.15, -0.1) is 0 Å². The van der Waals surface area contributed by atoms with Gasteiger partial charge in [-0.1, -0.05) is 37.0 Å². The first-order chi connectivity index (χ1) is 10.9. The molecule has 1 heterocycles. The Balaban J connectivity index is 2.12. The fourth-order valence-corrected chi connectivity index (χ4v) is 3.37. The second kappa shape index (κ2) is 7.72. The number of anilines is 1. The zero-order valence-electron chi connectivity index (χ0n) is 13.1. The third-order valence-electron chi connectivity index (χ3n) is 3.75. The summed E-state index contributed by atoms with van der Waals surface area (Å²) in [6.07, 6.45) is 2.81. The quantitative estimate of drug-likeness (QED) is 0.651. The highest BCUT2D eigenvalue weighted by Crippen LogP contribution is 2.26. The molecule has 2 atom stereocenters. The molecule has 1 fully saturated rings. The van der Waals surface area contributed by atoms with Crippen molar-refractivity contribution in [3.05, 3.63) is 40.0 Å². The number of hydrogen-bond acceptors (Lipinski definition) is 3. The molecule has 6 heteroatoms. The van der Waals surface area contributed by atoms with Crippen molar-refractivity contribution in [2.75, 3.05) is 18.4 Å². The monoisotopic (exact) mass is 351 g/mol. The minimum atomic E-state index is -0.470. The van der Waals surface area contributed by atoms with E-state index in [9.17, 15) is 10.1 Å². The first-order valence-corrected chi connectivity index (χ1v) is 8.27. The predicted molar refractivity (Wildman–Crippen MR) is 93.3 cm³/mol. The van der Waals surface area contributed by atoms with Gasteiger partial charge in [0, 0.05) is 24.3 Å². The van der Waals surface area contributed by atoms with Crippen LogP contribution in [-0.2, 0) is 4.79 Å². The third-order valence-corrected chi connectivity index (χ3v) is 4.30. The first-order valence-electron chi connectivity index (χ1n) is 7.51. The number of carbonyl (C=O) groups is 1. The van der Waals surface area contributed by atoms with Crippen molar-refractivity contribution in [3.63, 3.8) is 0 Å². The lowest BCUT2D eigenvalue weighted by Gasteiger charge is -2.34. The minimum absolute atomic E-state index is 0.0670. The Morgan fingerprint density at radius 3 is 2.57 bits per heavy atom. The lowest BCUT2D eigenvalue weighted by Crippen LogP contribution is -2.35. The molecule has 0 aromatic heterocycles. The van der Waals surface area contributed by atoms with Crippen LogP contribution in [0, 0.1) is 23.2 Å². The molecule has 2 rings (SSSR count). The number of rotatable bonds is 3. The SMILES string of the molecule is CC1CC(C)CN(/C=C(/C#N)C(=O)Nc2ccc(Cl)cc2Cl)C1. The minimum Gasteiger partial charge on any atom is -0.376 e. The number of likely N-dealkylation sites (tertiary alicyclic amines) is 1. The van der Waals surface area contributed by atoms with Gasteiger partial charge in [0.2, 0.25) is 0 Å². The molecular formula is C17H19Cl2N3O. The second-order valence-corrected chi connectivity index (χ2v) is 6.98. The molecule has 122 valence electrons. The van der Waals surface area contributed by atoms with Crippen LogP contribution in [0.4, 0.5) is 5.69 Å². The molecular weight excluding hydrogens is 333 g/mol. The van der Waals surface area contributed by atoms with Gasteiger partial charge in [0.25, 0.3) is 5.91 Å². The van der Waals surface area contributed by atoms with Crippen molar-refractivity contribution in [1.82, 2.24) is 4.90 Å². The Labute approximate surface area is 146 Å². The number of piperidine rings is 1. The van der Waals surface area contributed by atoms with Crippen LogP contribution >= 0.6 is 23.2 Å². The number of halogens is 2. The average molecular weight is 352 g/mol. The number of nitriles is 1. The number of carbonyl (C=O) groups excluding carboxylic acids is 1. The molecule has 0 bridgehead atoms. The first kappa shape index (κ1) is 17.7. The molecule has 0 radical (unpaired) electrons. The van der Waals surface area contributed by atoms with Gasteiger partial charge in [0.15, 0.2) is 0 Å². The van der Waals surface area contributed by atoms with E-state index in [0.29, 0.717) is 27.6 Å². The van der Waals surface area contributed by atoms with Crippen molar-refractivity contribution < 1.29 is 4.79 Å². The highest BCUT2D eigenvalue weighted by atomic mass is 35.5. The molecule has 23 heavy (non-hydrogen) atoms. The van der Waals surface area contributed by atoms with Gasteiger partial charge in [0.05, 0.1) is 10.7 Å². The third kappa shape index (κ3) is 4.89. The van der Waals surface area contributed by atoms with Gasteiger partial charge in [-0.05, 0) is 36.5 Å². The van der Waals surface area contributed by atoms with Gasteiger partial charge in [-0.25, -0.2) is 0 Å². The van der Waals surface area contributed by atoms with Crippen molar-refractivity contribution in [2.45, 2.75) is 20.3 Å². The van der Waals surface area contributed by atoms with E-state index in [2.05, 4.69) is 19.2 Å². The smallest absolute Gasteiger partial charge is 0.267 e. The van der Waals surface area contributed by atoms with Gasteiger partial charge >= 0.3 is 0 Å². The van der Waals surface area contributed by atoms with Crippen LogP contribution < -0.4 is 5.32 Å². The molecule has 4 nitrogen and oxygen atoms in total. The summed E-state index contributed by atoms with van der Waals surface area (Å²) in [7, 11) is 0. The Morgan fingerprint density at radius 2 is 2.00 bits per heavy atom. The Hall–Kier alpha value is -1.70. The lowest BCUT2D eigenvalue weighted by molar-refractivity contribution is -0.112. The fraction of sp³-hybridized carbons (Fsp3) is 0.412. The standard InChI is InChI=1S/C17H19Cl2N3O/c1-11-5-12(2)9-22(8-11)10-13(7-20)17(23)21-16-4-3-14(18)6-15(16)19/h3-4,6,10-12H,5,8-9H2,1-2H3,(H,21,23)/b13-10-. The molecule has 1 aliphatic heterocycles. The number of nitrogens with zero attached hydrogens (tertiary/aromatic N) is 2. The highest BCUT2D eigenvalue weighted by Gasteiger charge is 2.21. The van der Waals surface area contributed by atoms with E-state index in [1.807, 2.05) is 11.0 Å². The predicted octanol–water partition coefficient (Wildman–Crippen LogP) is 4.32. The largest absolute Gasteiger partial charge is 0.376 e. The Bertz CT molecular complexity index is 656. The zero-order valence-corrected chi connectivity index (χ0v) is 14.7. The van der Waals surface area contributed by atoms with E-state index < -0.39 is 5.91 Å². The maximum atomic E-state index is 12.3. The molecule has 1 aromatic rings. The van der Waals surface area contributed by atoms with Crippen molar-refractivity contribution in [1.29, 1.82) is 5.26 Å². The molecule has 2 unspecified atom stereocenters. The Kier molecular flexibility index (Phi) is 5.92. The van der Waals surface area contributed by atoms with Crippen LogP contribution in [0.5, 0.6) is 0 Å². The number of hydrogen-bond donors (Lipinski definition) is 1. The van der Waals surface area contributed by atoms with E-state index in [4.69, 9.17) is 23.2 Å². The van der Waals surface area contributed by atoms with Gasteiger partial charge in [0.1, 0.15) is 11.6 Å². The maximum absolute atomic E-state index is 12.3. The zero-order chi connectivity index (χ0) is 17.0. The van der Waals surface area contributed by atoms with Gasteiger partial charge < -0.3 is 10.2 Å². The normalized spacial score (nSPS) is 21.7. The molecule has 0 saturated carbocycles. The van der Waals surface area contributed by atoms with E-state index in [1.165, 1.54) is 6.42 Å². The highest BCUT2D eigenvalue weighted by molar-refractivity contribution is 6.36. The second-order valence-electron chi connectivity index (χ2n) is 6.13. The molecule has 1 N–H and O–H groups in total. The van der Waals surface area contributed by atoms with Crippen LogP contribution in [0.1, 0.15) is 20.3 Å². The summed E-state index contributed by atoms with van der Waals surface area (Å²) in [5, 5.41) is 12.8. The lowest BCUT2D eigenvalue weighted by atomic mass is 9.92. The molecule has 1 amide bonds. The summed E-state index contributed by atoms with van der Waals surface area (Å²) < 4.78 is 0. The number of amides is 1. The van der Waals surface area contributed by atoms with Crippen LogP contribution in [0.2, 0.25) is 10.0 Å². The van der Waals surface area contributed by atoms with Gasteiger partial charge in [-0.2, -0.15) is 5.26 Å². The summed E-state index contributed by atoms with van der Waals surface area (Å²) in [5.74, 6) is 0.620. The van der Waals surface area contributed by atoms with Crippen LogP contribution in [-0.4, -0.2) is 23.9 Å². The van der Waals surface area contributed by atoms with Crippen molar-refractivity contribution in [3.8, 4) is 6.07 Å². The van der Waals surface area contributed by atoms with Crippen LogP contribution in [0.3, 0.4) is 0 Å². The van der Waals surface area contributed by atoms with Crippen LogP contribution in [0.15, 0.2) is 30.0 Å². The van der Waals surface area contributed by atoms with Crippen molar-refractivity contribution in [2.24, 2.45) is 11.8 Å². The maximum Gasteiger partial charge on any atom is 0.267 e. The fourth-order valence-electron chi connectivity index (χ4n) is 2.92. The molecule has 0 spiro atoms. The van der Waals surface area contributed by atoms with E-state index in [0.717, 1.165) is 13.1 Å². The van der Waals surface area contributed by atoms with E-state index in [1.54, 1.807) is 24.4 Å². The average Bonchev–Trinajstić information content (AvgIpc) is 2.46. The molecule has 1 aliphatic rings. The summed E-state index contributed by atoms with van der Waals surface area (Å²) >= 11 is 11.9. The summed E-state index contributed by atoms with van der Waals surface area (Å²) in [5.41, 5.74) is 0.500. The molecule has 1 saturated heterocycles.